The lowest BCUT2D eigenvalue weighted by molar-refractivity contribution is 0.474. The Bertz CT molecular complexity index is 1050. The van der Waals surface area contributed by atoms with Crippen LogP contribution in [0.2, 0.25) is 0 Å². The van der Waals surface area contributed by atoms with Crippen LogP contribution in [0.1, 0.15) is 36.6 Å². The molecule has 0 radical (unpaired) electrons. The first-order valence-corrected chi connectivity index (χ1v) is 9.20. The Morgan fingerprint density at radius 1 is 1.04 bits per heavy atom. The summed E-state index contributed by atoms with van der Waals surface area (Å²) in [7, 11) is -1.77. The Morgan fingerprint density at radius 3 is 2.20 bits per heavy atom. The van der Waals surface area contributed by atoms with Gasteiger partial charge in [0.2, 0.25) is 0 Å². The van der Waals surface area contributed by atoms with Crippen LogP contribution in [-0.2, 0) is 24.2 Å². The minimum Gasteiger partial charge on any atom is -0.378 e. The van der Waals surface area contributed by atoms with E-state index in [-0.39, 0.29) is 17.4 Å². The number of hydrogen-bond acceptors (Lipinski definition) is 5. The molecule has 0 saturated carbocycles. The van der Waals surface area contributed by atoms with Crippen molar-refractivity contribution in [2.24, 2.45) is 14.1 Å². The van der Waals surface area contributed by atoms with Crippen LogP contribution in [0.5, 0.6) is 5.75 Å². The molecule has 7 nitrogen and oxygen atoms in total. The molecule has 0 aliphatic rings. The third-order valence-electron chi connectivity index (χ3n) is 4.15. The molecule has 0 spiro atoms. The van der Waals surface area contributed by atoms with Gasteiger partial charge in [0, 0.05) is 19.8 Å². The minimum absolute atomic E-state index is 0.0341. The monoisotopic (exact) mass is 366 g/mol. The number of hydrogen-bond donors (Lipinski definition) is 0. The van der Waals surface area contributed by atoms with Gasteiger partial charge < -0.3 is 4.18 Å². The molecule has 0 atom stereocenters. The first kappa shape index (κ1) is 19.0. The van der Waals surface area contributed by atoms with Gasteiger partial charge in [-0.25, -0.2) is 4.79 Å². The van der Waals surface area contributed by atoms with Gasteiger partial charge in [0.25, 0.3) is 5.56 Å². The summed E-state index contributed by atoms with van der Waals surface area (Å²) in [4.78, 5) is 23.8. The molecule has 0 unspecified atom stereocenters. The first-order valence-electron chi connectivity index (χ1n) is 7.79. The van der Waals surface area contributed by atoms with Crippen LogP contribution < -0.4 is 15.4 Å². The topological polar surface area (TPSA) is 87.4 Å². The van der Waals surface area contributed by atoms with Gasteiger partial charge in [-0.1, -0.05) is 26.0 Å². The highest BCUT2D eigenvalue weighted by molar-refractivity contribution is 7.87. The van der Waals surface area contributed by atoms with Crippen molar-refractivity contribution in [1.82, 2.24) is 9.13 Å². The van der Waals surface area contributed by atoms with Crippen molar-refractivity contribution >= 4 is 10.1 Å². The number of rotatable bonds is 4. The summed E-state index contributed by atoms with van der Waals surface area (Å²) in [5.41, 5.74) is 0.0826. The molecule has 1 aromatic heterocycles. The standard InChI is InChI=1S/C17H22N2O5S/c1-10(2)13-8-7-11(3)9-14(13)24-25(22,23)15-12(4)18(5)17(21)19(6)16(15)20/h7-10H,1-6H3. The number of aryl methyl sites for hydroxylation is 1. The molecule has 0 aliphatic heterocycles. The summed E-state index contributed by atoms with van der Waals surface area (Å²) in [5, 5.41) is 0. The lowest BCUT2D eigenvalue weighted by Crippen LogP contribution is -2.41. The van der Waals surface area contributed by atoms with E-state index in [1.807, 2.05) is 26.8 Å². The predicted octanol–water partition coefficient (Wildman–Crippen LogP) is 1.59. The minimum atomic E-state index is -4.40. The van der Waals surface area contributed by atoms with Crippen LogP contribution in [0.15, 0.2) is 32.7 Å². The van der Waals surface area contributed by atoms with E-state index in [4.69, 9.17) is 4.18 Å². The van der Waals surface area contributed by atoms with Crippen molar-refractivity contribution in [2.45, 2.75) is 38.5 Å². The van der Waals surface area contributed by atoms with Crippen LogP contribution in [0.4, 0.5) is 0 Å². The summed E-state index contributed by atoms with van der Waals surface area (Å²) >= 11 is 0. The number of benzene rings is 1. The molecule has 136 valence electrons. The molecule has 2 aromatic rings. The molecular formula is C17H22N2O5S. The molecule has 2 rings (SSSR count). The summed E-state index contributed by atoms with van der Waals surface area (Å²) in [5.74, 6) is 0.222. The lowest BCUT2D eigenvalue weighted by atomic mass is 10.0. The van der Waals surface area contributed by atoms with E-state index >= 15 is 0 Å². The quantitative estimate of drug-likeness (QED) is 0.767. The fraction of sp³-hybridized carbons (Fsp3) is 0.412. The van der Waals surface area contributed by atoms with Crippen molar-refractivity contribution in [1.29, 1.82) is 0 Å². The van der Waals surface area contributed by atoms with Gasteiger partial charge in [0.1, 0.15) is 5.75 Å². The van der Waals surface area contributed by atoms with Crippen LogP contribution in [-0.4, -0.2) is 17.6 Å². The van der Waals surface area contributed by atoms with Crippen molar-refractivity contribution in [3.8, 4) is 5.75 Å². The van der Waals surface area contributed by atoms with Crippen LogP contribution >= 0.6 is 0 Å². The molecule has 1 heterocycles. The van der Waals surface area contributed by atoms with E-state index < -0.39 is 26.3 Å². The molecule has 0 fully saturated rings. The second-order valence-electron chi connectivity index (χ2n) is 6.35. The highest BCUT2D eigenvalue weighted by Gasteiger charge is 2.28. The maximum absolute atomic E-state index is 12.8. The van der Waals surface area contributed by atoms with Crippen molar-refractivity contribution in [3.05, 3.63) is 55.9 Å². The van der Waals surface area contributed by atoms with Gasteiger partial charge in [-0.2, -0.15) is 8.42 Å². The SMILES string of the molecule is Cc1ccc(C(C)C)c(OS(=O)(=O)c2c(C)n(C)c(=O)n(C)c2=O)c1. The Morgan fingerprint density at radius 2 is 1.64 bits per heavy atom. The average Bonchev–Trinajstić information content (AvgIpc) is 2.50. The van der Waals surface area contributed by atoms with Gasteiger partial charge in [-0.3, -0.25) is 13.9 Å². The number of aromatic nitrogens is 2. The van der Waals surface area contributed by atoms with Crippen molar-refractivity contribution in [3.63, 3.8) is 0 Å². The largest absolute Gasteiger partial charge is 0.378 e. The highest BCUT2D eigenvalue weighted by atomic mass is 32.2. The molecule has 0 bridgehead atoms. The molecule has 0 amide bonds. The molecule has 0 saturated heterocycles. The van der Waals surface area contributed by atoms with E-state index in [1.54, 1.807) is 12.1 Å². The third-order valence-corrected chi connectivity index (χ3v) is 5.51. The Labute approximate surface area is 146 Å². The summed E-state index contributed by atoms with van der Waals surface area (Å²) in [6.07, 6.45) is 0. The zero-order valence-corrected chi connectivity index (χ0v) is 16.0. The average molecular weight is 366 g/mol. The van der Waals surface area contributed by atoms with E-state index in [2.05, 4.69) is 0 Å². The third kappa shape index (κ3) is 3.39. The fourth-order valence-electron chi connectivity index (χ4n) is 2.55. The normalized spacial score (nSPS) is 11.8. The Hall–Kier alpha value is -2.35. The fourth-order valence-corrected chi connectivity index (χ4v) is 3.87. The highest BCUT2D eigenvalue weighted by Crippen LogP contribution is 2.29. The zero-order valence-electron chi connectivity index (χ0n) is 15.2. The molecule has 8 heteroatoms. The molecule has 0 aliphatic carbocycles. The maximum atomic E-state index is 12.8. The van der Waals surface area contributed by atoms with E-state index in [1.165, 1.54) is 21.0 Å². The number of nitrogens with zero attached hydrogens (tertiary/aromatic N) is 2. The van der Waals surface area contributed by atoms with Gasteiger partial charge >= 0.3 is 15.8 Å². The van der Waals surface area contributed by atoms with Gasteiger partial charge in [0.05, 0.1) is 0 Å². The summed E-state index contributed by atoms with van der Waals surface area (Å²) in [6, 6.07) is 5.29. The summed E-state index contributed by atoms with van der Waals surface area (Å²) < 4.78 is 32.8. The smallest absolute Gasteiger partial charge is 0.346 e. The van der Waals surface area contributed by atoms with Crippen LogP contribution in [0.25, 0.3) is 0 Å². The van der Waals surface area contributed by atoms with E-state index in [9.17, 15) is 18.0 Å². The van der Waals surface area contributed by atoms with Crippen molar-refractivity contribution < 1.29 is 12.6 Å². The predicted molar refractivity (Wildman–Crippen MR) is 94.7 cm³/mol. The first-order chi connectivity index (χ1) is 11.5. The van der Waals surface area contributed by atoms with E-state index in [0.717, 1.165) is 14.7 Å². The van der Waals surface area contributed by atoms with Crippen LogP contribution in [0.3, 0.4) is 0 Å². The van der Waals surface area contributed by atoms with Gasteiger partial charge in [-0.15, -0.1) is 0 Å². The van der Waals surface area contributed by atoms with Crippen molar-refractivity contribution in [2.75, 3.05) is 0 Å². The van der Waals surface area contributed by atoms with Gasteiger partial charge in [-0.05, 0) is 37.0 Å². The zero-order chi connectivity index (χ0) is 19.1. The maximum Gasteiger partial charge on any atom is 0.346 e. The molecule has 25 heavy (non-hydrogen) atoms. The van der Waals surface area contributed by atoms with Crippen LogP contribution in [0, 0.1) is 13.8 Å². The second kappa shape index (κ2) is 6.51. The molecule has 0 N–H and O–H groups in total. The molecular weight excluding hydrogens is 344 g/mol. The lowest BCUT2D eigenvalue weighted by Gasteiger charge is -2.16. The van der Waals surface area contributed by atoms with E-state index in [0.29, 0.717) is 5.56 Å². The second-order valence-corrected chi connectivity index (χ2v) is 7.84. The van der Waals surface area contributed by atoms with Gasteiger partial charge in [0.15, 0.2) is 4.90 Å². The Balaban J connectivity index is 2.70. The Kier molecular flexibility index (Phi) is 4.94. The molecule has 1 aromatic carbocycles. The summed E-state index contributed by atoms with van der Waals surface area (Å²) in [6.45, 7) is 7.06.